The first-order valence-electron chi connectivity index (χ1n) is 10.4. The Morgan fingerprint density at radius 1 is 0.938 bits per heavy atom. The van der Waals surface area contributed by atoms with E-state index in [1.165, 1.54) is 0 Å². The maximum Gasteiger partial charge on any atom is 0.275 e. The van der Waals surface area contributed by atoms with Crippen molar-refractivity contribution in [3.05, 3.63) is 94.7 Å². The Morgan fingerprint density at radius 2 is 1.78 bits per heavy atom. The summed E-state index contributed by atoms with van der Waals surface area (Å²) in [6.07, 6.45) is 3.65. The van der Waals surface area contributed by atoms with Gasteiger partial charge in [-0.05, 0) is 29.3 Å². The van der Waals surface area contributed by atoms with Crippen molar-refractivity contribution in [3.8, 4) is 11.3 Å². The predicted octanol–water partition coefficient (Wildman–Crippen LogP) is 3.93. The number of nitrogens with zero attached hydrogens (tertiary/aromatic N) is 3. The van der Waals surface area contributed by atoms with E-state index in [0.29, 0.717) is 29.8 Å². The summed E-state index contributed by atoms with van der Waals surface area (Å²) in [5.74, 6) is 0. The van der Waals surface area contributed by atoms with Gasteiger partial charge < -0.3 is 20.3 Å². The molecule has 0 aliphatic carbocycles. The highest BCUT2D eigenvalue weighted by atomic mass is 16.1. The number of H-pyrrole nitrogens is 2. The van der Waals surface area contributed by atoms with Crippen molar-refractivity contribution in [3.63, 3.8) is 0 Å². The first kappa shape index (κ1) is 18.5. The van der Waals surface area contributed by atoms with Crippen LogP contribution < -0.4 is 11.3 Å². The number of aromatic nitrogens is 5. The summed E-state index contributed by atoms with van der Waals surface area (Å²) in [6, 6.07) is 20.1. The second-order valence-electron chi connectivity index (χ2n) is 7.92. The minimum atomic E-state index is -0.222. The molecule has 0 radical (unpaired) electrons. The molecule has 32 heavy (non-hydrogen) atoms. The Balaban J connectivity index is 1.53. The van der Waals surface area contributed by atoms with Crippen LogP contribution in [0.3, 0.4) is 0 Å². The van der Waals surface area contributed by atoms with Crippen LogP contribution in [0.4, 0.5) is 0 Å². The summed E-state index contributed by atoms with van der Waals surface area (Å²) >= 11 is 0. The quantitative estimate of drug-likeness (QED) is 0.402. The van der Waals surface area contributed by atoms with Crippen molar-refractivity contribution in [2.45, 2.75) is 13.1 Å². The molecule has 0 saturated carbocycles. The average Bonchev–Trinajstić information content (AvgIpc) is 3.42. The second kappa shape index (κ2) is 7.18. The molecule has 0 unspecified atom stereocenters. The molecule has 3 aromatic heterocycles. The standard InChI is InChI=1S/C25H20N6O/c26-11-15-4-3-5-16(8-15)12-31-13-18(17-6-1-2-7-23(17)31)24-25(32)30-22-10-20-19(27-14-28-20)9-21(22)29-24/h1-10,13-14H,11-12,26H2,(H,27,28)(H,30,32). The fourth-order valence-electron chi connectivity index (χ4n) is 4.32. The zero-order valence-corrected chi connectivity index (χ0v) is 17.2. The molecule has 7 heteroatoms. The maximum atomic E-state index is 13.0. The molecular formula is C25H20N6O. The molecular weight excluding hydrogens is 400 g/mol. The molecule has 0 bridgehead atoms. The van der Waals surface area contributed by atoms with Gasteiger partial charge in [-0.3, -0.25) is 4.79 Å². The van der Waals surface area contributed by atoms with Crippen LogP contribution in [0.5, 0.6) is 0 Å². The van der Waals surface area contributed by atoms with Crippen molar-refractivity contribution in [2.75, 3.05) is 0 Å². The number of nitrogens with one attached hydrogen (secondary N) is 2. The molecule has 156 valence electrons. The number of nitrogens with two attached hydrogens (primary N) is 1. The van der Waals surface area contributed by atoms with Gasteiger partial charge in [-0.15, -0.1) is 0 Å². The molecule has 4 N–H and O–H groups in total. The van der Waals surface area contributed by atoms with Gasteiger partial charge in [0.2, 0.25) is 0 Å². The average molecular weight is 420 g/mol. The Bertz CT molecular complexity index is 1670. The van der Waals surface area contributed by atoms with Crippen molar-refractivity contribution in [2.24, 2.45) is 5.73 Å². The van der Waals surface area contributed by atoms with Crippen LogP contribution in [0.15, 0.2) is 78.0 Å². The zero-order valence-electron chi connectivity index (χ0n) is 17.2. The Kier molecular flexibility index (Phi) is 4.16. The first-order valence-corrected chi connectivity index (χ1v) is 10.4. The summed E-state index contributed by atoms with van der Waals surface area (Å²) in [5, 5.41) is 0.988. The third-order valence-electron chi connectivity index (χ3n) is 5.86. The number of imidazole rings is 1. The van der Waals surface area contributed by atoms with Gasteiger partial charge in [0.15, 0.2) is 0 Å². The van der Waals surface area contributed by atoms with Crippen LogP contribution >= 0.6 is 0 Å². The number of fused-ring (bicyclic) bond motifs is 3. The van der Waals surface area contributed by atoms with E-state index in [2.05, 4.69) is 37.7 Å². The van der Waals surface area contributed by atoms with Crippen molar-refractivity contribution in [1.29, 1.82) is 0 Å². The molecule has 7 nitrogen and oxygen atoms in total. The predicted molar refractivity (Wildman–Crippen MR) is 126 cm³/mol. The lowest BCUT2D eigenvalue weighted by Crippen LogP contribution is -2.11. The van der Waals surface area contributed by atoms with Crippen LogP contribution in [-0.2, 0) is 13.1 Å². The van der Waals surface area contributed by atoms with E-state index in [1.807, 2.05) is 48.7 Å². The summed E-state index contributed by atoms with van der Waals surface area (Å²) in [5.41, 5.74) is 13.2. The SMILES string of the molecule is NCc1cccc(Cn2cc(-c3nc4cc5[nH]cnc5cc4[nH]c3=O)c3ccccc32)c1. The van der Waals surface area contributed by atoms with Gasteiger partial charge in [-0.25, -0.2) is 9.97 Å². The minimum absolute atomic E-state index is 0.222. The molecule has 3 heterocycles. The third kappa shape index (κ3) is 2.99. The number of para-hydroxylation sites is 1. The Hall–Kier alpha value is -4.23. The highest BCUT2D eigenvalue weighted by Crippen LogP contribution is 2.29. The monoisotopic (exact) mass is 420 g/mol. The largest absolute Gasteiger partial charge is 0.345 e. The lowest BCUT2D eigenvalue weighted by atomic mass is 10.1. The van der Waals surface area contributed by atoms with Crippen molar-refractivity contribution < 1.29 is 0 Å². The van der Waals surface area contributed by atoms with E-state index in [-0.39, 0.29) is 5.56 Å². The van der Waals surface area contributed by atoms with E-state index >= 15 is 0 Å². The van der Waals surface area contributed by atoms with E-state index in [1.54, 1.807) is 6.33 Å². The lowest BCUT2D eigenvalue weighted by molar-refractivity contribution is 0.834. The third-order valence-corrected chi connectivity index (χ3v) is 5.86. The summed E-state index contributed by atoms with van der Waals surface area (Å²) in [4.78, 5) is 28.1. The molecule has 6 rings (SSSR count). The van der Waals surface area contributed by atoms with Gasteiger partial charge in [-0.2, -0.15) is 0 Å². The molecule has 0 saturated heterocycles. The van der Waals surface area contributed by atoms with Gasteiger partial charge >= 0.3 is 0 Å². The van der Waals surface area contributed by atoms with Gasteiger partial charge in [0.05, 0.1) is 28.4 Å². The smallest absolute Gasteiger partial charge is 0.275 e. The van der Waals surface area contributed by atoms with E-state index in [0.717, 1.165) is 38.6 Å². The van der Waals surface area contributed by atoms with Crippen LogP contribution in [0, 0.1) is 0 Å². The normalized spacial score (nSPS) is 11.7. The molecule has 6 aromatic rings. The molecule has 0 fully saturated rings. The highest BCUT2D eigenvalue weighted by molar-refractivity contribution is 5.97. The molecule has 3 aromatic carbocycles. The van der Waals surface area contributed by atoms with Gasteiger partial charge in [0, 0.05) is 35.8 Å². The molecule has 0 atom stereocenters. The molecule has 0 amide bonds. The van der Waals surface area contributed by atoms with Crippen LogP contribution in [-0.4, -0.2) is 24.5 Å². The van der Waals surface area contributed by atoms with Crippen molar-refractivity contribution >= 4 is 33.0 Å². The minimum Gasteiger partial charge on any atom is -0.345 e. The molecule has 0 spiro atoms. The lowest BCUT2D eigenvalue weighted by Gasteiger charge is -2.07. The Morgan fingerprint density at radius 3 is 2.69 bits per heavy atom. The van der Waals surface area contributed by atoms with Crippen molar-refractivity contribution in [1.82, 2.24) is 24.5 Å². The van der Waals surface area contributed by atoms with E-state index < -0.39 is 0 Å². The fraction of sp³-hybridized carbons (Fsp3) is 0.0800. The number of hydrogen-bond donors (Lipinski definition) is 3. The fourth-order valence-corrected chi connectivity index (χ4v) is 4.32. The number of aromatic amines is 2. The molecule has 0 aliphatic heterocycles. The second-order valence-corrected chi connectivity index (χ2v) is 7.92. The first-order chi connectivity index (χ1) is 15.7. The van der Waals surface area contributed by atoms with E-state index in [4.69, 9.17) is 10.7 Å². The summed E-state index contributed by atoms with van der Waals surface area (Å²) in [7, 11) is 0. The summed E-state index contributed by atoms with van der Waals surface area (Å²) < 4.78 is 2.16. The topological polar surface area (TPSA) is 105 Å². The van der Waals surface area contributed by atoms with Gasteiger partial charge in [0.25, 0.3) is 5.56 Å². The zero-order chi connectivity index (χ0) is 21.7. The van der Waals surface area contributed by atoms with Crippen LogP contribution in [0.1, 0.15) is 11.1 Å². The van der Waals surface area contributed by atoms with Gasteiger partial charge in [-0.1, -0.05) is 42.5 Å². The number of rotatable bonds is 4. The van der Waals surface area contributed by atoms with Crippen LogP contribution in [0.2, 0.25) is 0 Å². The van der Waals surface area contributed by atoms with E-state index in [9.17, 15) is 4.79 Å². The highest BCUT2D eigenvalue weighted by Gasteiger charge is 2.16. The Labute approximate surface area is 182 Å². The number of benzene rings is 3. The van der Waals surface area contributed by atoms with Crippen LogP contribution in [0.25, 0.3) is 44.2 Å². The summed E-state index contributed by atoms with van der Waals surface area (Å²) in [6.45, 7) is 1.18. The maximum absolute atomic E-state index is 13.0. The number of hydrogen-bond acceptors (Lipinski definition) is 4. The molecule has 0 aliphatic rings. The van der Waals surface area contributed by atoms with Gasteiger partial charge in [0.1, 0.15) is 5.69 Å².